The van der Waals surface area contributed by atoms with E-state index in [9.17, 15) is 49.2 Å². The number of aryl methyl sites for hydroxylation is 2. The third kappa shape index (κ3) is 23.3. The van der Waals surface area contributed by atoms with Crippen LogP contribution in [0.2, 0.25) is 0 Å². The van der Waals surface area contributed by atoms with Gasteiger partial charge in [0.25, 0.3) is 5.91 Å². The minimum Gasteiger partial charge on any atom is -0.496 e. The molecule has 6 N–H and O–H groups in total. The van der Waals surface area contributed by atoms with Crippen LogP contribution in [-0.2, 0) is 51.4 Å². The average Bonchev–Trinajstić information content (AvgIpc) is 0.832. The first-order valence-corrected chi connectivity index (χ1v) is 40.2. The molecule has 128 heavy (non-hydrogen) atoms. The van der Waals surface area contributed by atoms with E-state index in [1.807, 2.05) is 243 Å². The molecule has 638 valence electrons. The molecule has 4 aliphatic heterocycles. The molecule has 14 rings (SSSR count). The zero-order valence-electron chi connectivity index (χ0n) is 70.4. The molecule has 14 heterocycles. The largest absolute Gasteiger partial charge is 0.496 e. The van der Waals surface area contributed by atoms with E-state index in [2.05, 4.69) is 61.0 Å². The molecule has 10 aromatic rings. The van der Waals surface area contributed by atoms with Crippen molar-refractivity contribution in [1.29, 1.82) is 0 Å². The highest BCUT2D eigenvalue weighted by atomic mass is 16.3. The molecule has 34 heteroatoms. The molecule has 0 saturated heterocycles. The van der Waals surface area contributed by atoms with Gasteiger partial charge in [-0.05, 0) is 138 Å². The Kier molecular flexibility index (Phi) is 27.7. The van der Waals surface area contributed by atoms with Gasteiger partial charge in [-0.15, -0.1) is 0 Å². The number of hydrogen-bond acceptors (Lipinski definition) is 16. The number of aliphatic hydroxyl groups excluding tert-OH is 4. The molecule has 0 saturated carbocycles. The standard InChI is InChI=1S/C94H84N24O10/c1-107-35-11-65(12-36-107)71-23-47-113(48-24-71)63-97-83(119)59-81(89(123)101-85(91(125)103-115-51-27-73(28-52-115)67-15-39-109(3)40-16-67)92(126)104-116-53-29-74(30-54-116)68-17-41-110(4)42-18-68)99-87(121)77-7-9-79(95-61-77)80-10-8-78(62-96-80)88(122)100-82(60-84(120)98-64-114-49-25-72(26-50-114)66-13-37-108(2)38-14-66)90(124)102-86(93(127)105-117-55-31-75(32-56-117)69-19-43-111(5)44-20-69)94(128)106-118-57-33-76(34-58-118)70-21-45-112(6)46-22-70/h7-58,61-62,81-82,85-86H,59-60,63-64H2,1-6H3/q+2/p+6. The summed E-state index contributed by atoms with van der Waals surface area (Å²) >= 11 is 0. The van der Waals surface area contributed by atoms with Crippen molar-refractivity contribution >= 4 is 81.3 Å². The van der Waals surface area contributed by atoms with Crippen LogP contribution in [0.1, 0.15) is 28.8 Å². The van der Waals surface area contributed by atoms with Crippen LogP contribution >= 0.6 is 0 Å². The Labute approximate surface area is 732 Å². The fraction of sp³-hybridized carbons (Fsp3) is 0.149. The van der Waals surface area contributed by atoms with Crippen molar-refractivity contribution in [2.75, 3.05) is 28.2 Å². The number of rotatable bonds is 23. The van der Waals surface area contributed by atoms with E-state index in [0.717, 1.165) is 65.4 Å². The smallest absolute Gasteiger partial charge is 0.343 e. The van der Waals surface area contributed by atoms with Gasteiger partial charge in [-0.3, -0.25) is 38.7 Å². The molecule has 2 atom stereocenters. The Bertz CT molecular complexity index is 6550. The first-order chi connectivity index (χ1) is 61.9. The summed E-state index contributed by atoms with van der Waals surface area (Å²) in [4.78, 5) is 121. The molecule has 34 nitrogen and oxygen atoms in total. The van der Waals surface area contributed by atoms with Crippen molar-refractivity contribution in [3.63, 3.8) is 0 Å². The number of carbonyl (C=O) groups is 6. The number of nitrogens with zero attached hydrogens (tertiary/aromatic N) is 22. The molecule has 0 bridgehead atoms. The predicted molar refractivity (Wildman–Crippen MR) is 468 cm³/mol. The molecule has 0 aromatic carbocycles. The molecule has 0 aliphatic carbocycles. The Morgan fingerprint density at radius 3 is 1.03 bits per heavy atom. The molecule has 10 aromatic heterocycles. The van der Waals surface area contributed by atoms with E-state index >= 15 is 0 Å². The van der Waals surface area contributed by atoms with Gasteiger partial charge in [0.2, 0.25) is 92.7 Å². The summed E-state index contributed by atoms with van der Waals surface area (Å²) in [5.41, 5.74) is 7.51. The van der Waals surface area contributed by atoms with Crippen LogP contribution in [0.25, 0.3) is 55.9 Å². The second-order valence-electron chi connectivity index (χ2n) is 29.9. The van der Waals surface area contributed by atoms with Gasteiger partial charge < -0.3 is 50.7 Å². The number of nitrogens with one attached hydrogen (secondary N) is 2. The Morgan fingerprint density at radius 1 is 0.375 bits per heavy atom. The maximum atomic E-state index is 14.9. The van der Waals surface area contributed by atoms with Gasteiger partial charge >= 0.3 is 23.6 Å². The summed E-state index contributed by atoms with van der Waals surface area (Å²) in [6.07, 6.45) is 58.1. The number of carbonyl (C=O) groups excluding carboxylic acids is 6. The van der Waals surface area contributed by atoms with Crippen LogP contribution in [0.5, 0.6) is 0 Å². The van der Waals surface area contributed by atoms with Gasteiger partial charge in [0, 0.05) is 208 Å². The second-order valence-corrected chi connectivity index (χ2v) is 29.9. The zero-order chi connectivity index (χ0) is 89.7. The minimum absolute atomic E-state index is 0.0432. The average molecular weight is 1720 g/mol. The summed E-state index contributed by atoms with van der Waals surface area (Å²) < 4.78 is 11.9. The summed E-state index contributed by atoms with van der Waals surface area (Å²) in [7, 11) is 11.4. The topological polar surface area (TPSA) is 384 Å². The van der Waals surface area contributed by atoms with Gasteiger partial charge in [-0.2, -0.15) is 19.1 Å². The number of aromatic nitrogens is 10. The van der Waals surface area contributed by atoms with Gasteiger partial charge in [-0.25, -0.2) is 19.1 Å². The Balaban J connectivity index is 0.746. The van der Waals surface area contributed by atoms with E-state index in [0.29, 0.717) is 0 Å². The highest BCUT2D eigenvalue weighted by Crippen LogP contribution is 2.21. The van der Waals surface area contributed by atoms with Crippen LogP contribution in [-0.4, -0.2) is 161 Å². The van der Waals surface area contributed by atoms with Crippen LogP contribution in [0.4, 0.5) is 0 Å². The Hall–Kier alpha value is -17.2. The lowest BCUT2D eigenvalue weighted by atomic mass is 10.1. The molecular formula is C94H90N24O10+8. The maximum Gasteiger partial charge on any atom is 0.343 e. The van der Waals surface area contributed by atoms with Crippen LogP contribution in [0, 0.1) is 0 Å². The van der Waals surface area contributed by atoms with Crippen molar-refractivity contribution in [3.8, 4) is 33.6 Å². The lowest BCUT2D eigenvalue weighted by Gasteiger charge is -2.19. The normalized spacial score (nSPS) is 14.3. The zero-order valence-corrected chi connectivity index (χ0v) is 70.4. The third-order valence-electron chi connectivity index (χ3n) is 20.4. The summed E-state index contributed by atoms with van der Waals surface area (Å²) in [6, 6.07) is 27.0. The first-order valence-electron chi connectivity index (χ1n) is 40.2. The number of hydrogen-bond donors (Lipinski definition) is 6. The molecule has 0 spiro atoms. The molecule has 0 radical (unpaired) electrons. The van der Waals surface area contributed by atoms with E-state index < -0.39 is 96.0 Å². The van der Waals surface area contributed by atoms with Crippen molar-refractivity contribution in [3.05, 3.63) is 363 Å². The quantitative estimate of drug-likeness (QED) is 0.0232. The Morgan fingerprint density at radius 2 is 0.695 bits per heavy atom. The lowest BCUT2D eigenvalue weighted by molar-refractivity contribution is -0.695. The fourth-order valence-electron chi connectivity index (χ4n) is 13.0. The highest BCUT2D eigenvalue weighted by Gasteiger charge is 2.37. The highest BCUT2D eigenvalue weighted by molar-refractivity contribution is 6.09. The van der Waals surface area contributed by atoms with E-state index in [1.54, 1.807) is 82.5 Å². The number of aliphatic hydroxyl groups is 4. The molecule has 4 aliphatic rings. The number of amides is 6. The van der Waals surface area contributed by atoms with Gasteiger partial charge in [0.05, 0.1) is 35.4 Å². The third-order valence-corrected chi connectivity index (χ3v) is 20.4. The lowest BCUT2D eigenvalue weighted by Crippen LogP contribution is -2.55. The van der Waals surface area contributed by atoms with Crippen LogP contribution in [0.3, 0.4) is 0 Å². The van der Waals surface area contributed by atoms with E-state index in [4.69, 9.17) is 0 Å². The SMILES string of the molecule is CN1C=CC(=c2cc[n+](=NC(=O)C(N=C(O)C(CC(O)=NC[n+]3ccc(-c4cc[n+](C)cc4)cc3)N=C(O)c3ccc(-c4ccc(C(=O)NC(CC(O)=NC[n+]5ccc(-c6cc[n+](C)cc6)cc5)C(=O)NC(C(=O)N=[n+]5ccc(=C6C=CN(C)C=C6)cc5)C(=O)N=[n+]5ccc(=C6C=CN(C)C=C6)cc5)cn4)nc3)C(=O)N=[n+]3ccc(=C4C=CN(C)C=C4)cc3)cc2)C=C1. The van der Waals surface area contributed by atoms with Gasteiger partial charge in [0.15, 0.2) is 61.4 Å². The monoisotopic (exact) mass is 1710 g/mol. The summed E-state index contributed by atoms with van der Waals surface area (Å²) in [5, 5.41) is 72.3. The van der Waals surface area contributed by atoms with Gasteiger partial charge in [0.1, 0.15) is 26.2 Å². The molecular weight excluding hydrogens is 1630 g/mol. The van der Waals surface area contributed by atoms with Gasteiger partial charge in [-0.1, -0.05) is 17.5 Å². The number of aliphatic imine (C=N–C) groups is 4. The van der Waals surface area contributed by atoms with Crippen molar-refractivity contribution in [2.24, 2.45) is 54.5 Å². The maximum absolute atomic E-state index is 14.9. The van der Waals surface area contributed by atoms with E-state index in [1.165, 1.54) is 104 Å². The molecule has 2 unspecified atom stereocenters. The summed E-state index contributed by atoms with van der Waals surface area (Å²) in [6.45, 7) is -0.261. The first kappa shape index (κ1) is 87.2. The van der Waals surface area contributed by atoms with Crippen molar-refractivity contribution < 1.29 is 84.9 Å². The van der Waals surface area contributed by atoms with E-state index in [-0.39, 0.29) is 35.9 Å². The molecule has 6 amide bonds. The fourth-order valence-corrected chi connectivity index (χ4v) is 13.0. The second kappa shape index (κ2) is 40.7. The van der Waals surface area contributed by atoms with Crippen molar-refractivity contribution in [1.82, 2.24) is 40.2 Å². The van der Waals surface area contributed by atoms with Crippen LogP contribution in [0.15, 0.2) is 372 Å². The van der Waals surface area contributed by atoms with Crippen LogP contribution < -0.4 is 67.2 Å². The molecule has 0 fully saturated rings. The number of allylic oxidation sites excluding steroid dienone is 8. The number of pyridine rings is 10. The predicted octanol–water partition coefficient (Wildman–Crippen LogP) is 2.97. The summed E-state index contributed by atoms with van der Waals surface area (Å²) in [5.74, 6) is -9.60. The van der Waals surface area contributed by atoms with Crippen molar-refractivity contribution in [2.45, 2.75) is 50.3 Å². The minimum atomic E-state index is -2.17.